The zero-order valence-corrected chi connectivity index (χ0v) is 12.0. The molecular formula is C14H15BrF2O2. The Morgan fingerprint density at radius 3 is 2.63 bits per heavy atom. The van der Waals surface area contributed by atoms with Gasteiger partial charge >= 0.3 is 0 Å². The molecule has 0 radical (unpaired) electrons. The van der Waals surface area contributed by atoms with Gasteiger partial charge in [0.1, 0.15) is 6.61 Å². The first-order valence-electron chi connectivity index (χ1n) is 6.38. The van der Waals surface area contributed by atoms with Crippen LogP contribution in [0.2, 0.25) is 0 Å². The van der Waals surface area contributed by atoms with E-state index in [9.17, 15) is 13.6 Å². The molecule has 0 spiro atoms. The van der Waals surface area contributed by atoms with E-state index < -0.39 is 11.6 Å². The van der Waals surface area contributed by atoms with Gasteiger partial charge in [-0.1, -0.05) is 35.2 Å². The van der Waals surface area contributed by atoms with Crippen LogP contribution in [0, 0.1) is 17.6 Å². The number of hydrogen-bond donors (Lipinski definition) is 0. The highest BCUT2D eigenvalue weighted by molar-refractivity contribution is 9.10. The van der Waals surface area contributed by atoms with Crippen LogP contribution in [0.3, 0.4) is 0 Å². The number of carbonyl (C=O) groups excluding carboxylic acids is 1. The largest absolute Gasteiger partial charge is 0.483 e. The lowest BCUT2D eigenvalue weighted by Crippen LogP contribution is -2.23. The van der Waals surface area contributed by atoms with Gasteiger partial charge in [0.2, 0.25) is 5.82 Å². The van der Waals surface area contributed by atoms with E-state index in [1.165, 1.54) is 6.07 Å². The van der Waals surface area contributed by atoms with Gasteiger partial charge in [0, 0.05) is 10.4 Å². The fraction of sp³-hybridized carbons (Fsp3) is 0.500. The molecule has 0 atom stereocenters. The molecule has 5 heteroatoms. The van der Waals surface area contributed by atoms with Crippen molar-refractivity contribution >= 4 is 21.7 Å². The number of halogens is 3. The van der Waals surface area contributed by atoms with Crippen LogP contribution in [0.25, 0.3) is 0 Å². The molecule has 19 heavy (non-hydrogen) atoms. The first kappa shape index (κ1) is 14.4. The van der Waals surface area contributed by atoms with E-state index in [-0.39, 0.29) is 24.1 Å². The fourth-order valence-electron chi connectivity index (χ4n) is 2.33. The topological polar surface area (TPSA) is 26.3 Å². The summed E-state index contributed by atoms with van der Waals surface area (Å²) in [5, 5.41) is 0. The first-order valence-corrected chi connectivity index (χ1v) is 7.17. The van der Waals surface area contributed by atoms with Gasteiger partial charge < -0.3 is 4.74 Å². The zero-order valence-electron chi connectivity index (χ0n) is 10.4. The fourth-order valence-corrected chi connectivity index (χ4v) is 2.74. The first-order chi connectivity index (χ1) is 9.08. The average molecular weight is 333 g/mol. The van der Waals surface area contributed by atoms with Gasteiger partial charge in [-0.25, -0.2) is 4.39 Å². The molecule has 2 nitrogen and oxygen atoms in total. The number of benzene rings is 1. The second-order valence-electron chi connectivity index (χ2n) is 4.79. The third-order valence-corrected chi connectivity index (χ3v) is 3.85. The van der Waals surface area contributed by atoms with Gasteiger partial charge in [0.15, 0.2) is 17.3 Å². The molecule has 1 fully saturated rings. The summed E-state index contributed by atoms with van der Waals surface area (Å²) in [6.45, 7) is -0.197. The van der Waals surface area contributed by atoms with E-state index in [2.05, 4.69) is 15.9 Å². The summed E-state index contributed by atoms with van der Waals surface area (Å²) < 4.78 is 32.1. The summed E-state index contributed by atoms with van der Waals surface area (Å²) in [4.78, 5) is 11.9. The molecule has 0 aromatic heterocycles. The van der Waals surface area contributed by atoms with Crippen LogP contribution in [0.15, 0.2) is 16.6 Å². The van der Waals surface area contributed by atoms with E-state index >= 15 is 0 Å². The minimum Gasteiger partial charge on any atom is -0.483 e. The van der Waals surface area contributed by atoms with Crippen molar-refractivity contribution < 1.29 is 18.3 Å². The Hall–Kier alpha value is -0.970. The van der Waals surface area contributed by atoms with Gasteiger partial charge in [0.05, 0.1) is 0 Å². The zero-order chi connectivity index (χ0) is 13.8. The summed E-state index contributed by atoms with van der Waals surface area (Å²) in [7, 11) is 0. The van der Waals surface area contributed by atoms with Crippen molar-refractivity contribution in [3.63, 3.8) is 0 Å². The molecule has 1 aliphatic rings. The van der Waals surface area contributed by atoms with Crippen molar-refractivity contribution in [3.8, 4) is 5.75 Å². The molecule has 1 aliphatic carbocycles. The molecule has 1 aromatic rings. The van der Waals surface area contributed by atoms with Gasteiger partial charge in [-0.05, 0) is 25.0 Å². The minimum absolute atomic E-state index is 0.00816. The Kier molecular flexibility index (Phi) is 4.91. The summed E-state index contributed by atoms with van der Waals surface area (Å²) in [6, 6.07) is 2.34. The van der Waals surface area contributed by atoms with Crippen molar-refractivity contribution in [1.82, 2.24) is 0 Å². The maximum atomic E-state index is 13.4. The van der Waals surface area contributed by atoms with Crippen molar-refractivity contribution in [2.45, 2.75) is 32.1 Å². The summed E-state index contributed by atoms with van der Waals surface area (Å²) in [5.41, 5.74) is 0. The lowest BCUT2D eigenvalue weighted by molar-refractivity contribution is -0.125. The molecule has 0 bridgehead atoms. The normalized spacial score (nSPS) is 16.4. The highest BCUT2D eigenvalue weighted by atomic mass is 79.9. The number of Topliss-reactive ketones (excluding diaryl/α,β-unsaturated/α-hetero) is 1. The Labute approximate surface area is 119 Å². The van der Waals surface area contributed by atoms with Gasteiger partial charge in [-0.15, -0.1) is 0 Å². The Morgan fingerprint density at radius 1 is 1.26 bits per heavy atom. The van der Waals surface area contributed by atoms with Crippen LogP contribution in [0.5, 0.6) is 5.75 Å². The summed E-state index contributed by atoms with van der Waals surface area (Å²) in [5.74, 6) is -2.29. The van der Waals surface area contributed by atoms with Crippen LogP contribution in [-0.2, 0) is 4.79 Å². The van der Waals surface area contributed by atoms with Crippen LogP contribution in [-0.4, -0.2) is 12.4 Å². The van der Waals surface area contributed by atoms with Gasteiger partial charge in [0.25, 0.3) is 0 Å². The third kappa shape index (κ3) is 3.75. The van der Waals surface area contributed by atoms with Crippen molar-refractivity contribution in [1.29, 1.82) is 0 Å². The van der Waals surface area contributed by atoms with Gasteiger partial charge in [-0.3, -0.25) is 4.79 Å². The van der Waals surface area contributed by atoms with E-state index in [1.807, 2.05) is 0 Å². The second kappa shape index (κ2) is 6.46. The minimum atomic E-state index is -1.06. The molecule has 0 unspecified atom stereocenters. The molecule has 0 saturated heterocycles. The lowest BCUT2D eigenvalue weighted by Gasteiger charge is -2.20. The number of carbonyl (C=O) groups is 1. The van der Waals surface area contributed by atoms with Crippen LogP contribution in [0.1, 0.15) is 32.1 Å². The molecule has 104 valence electrons. The lowest BCUT2D eigenvalue weighted by atomic mass is 9.86. The van der Waals surface area contributed by atoms with Crippen LogP contribution in [0.4, 0.5) is 8.78 Å². The Bertz CT molecular complexity index is 471. The monoisotopic (exact) mass is 332 g/mol. The SMILES string of the molecule is O=C(COc1cc(Br)cc(F)c1F)C1CCCCC1. The second-order valence-corrected chi connectivity index (χ2v) is 5.71. The maximum Gasteiger partial charge on any atom is 0.200 e. The molecule has 2 rings (SSSR count). The molecule has 1 saturated carbocycles. The van der Waals surface area contributed by atoms with Crippen molar-refractivity contribution in [3.05, 3.63) is 28.2 Å². The predicted molar refractivity (Wildman–Crippen MR) is 71.1 cm³/mol. The Morgan fingerprint density at radius 2 is 1.95 bits per heavy atom. The standard InChI is InChI=1S/C14H15BrF2O2/c15-10-6-11(16)14(17)13(7-10)19-8-12(18)9-4-2-1-3-5-9/h6-7,9H,1-5,8H2. The van der Waals surface area contributed by atoms with Gasteiger partial charge in [-0.2, -0.15) is 4.39 Å². The number of ether oxygens (including phenoxy) is 1. The molecule has 0 amide bonds. The third-order valence-electron chi connectivity index (χ3n) is 3.39. The predicted octanol–water partition coefficient (Wildman–Crippen LogP) is 4.26. The number of hydrogen-bond acceptors (Lipinski definition) is 2. The summed E-state index contributed by atoms with van der Waals surface area (Å²) >= 11 is 3.06. The maximum absolute atomic E-state index is 13.4. The molecule has 0 N–H and O–H groups in total. The number of ketones is 1. The summed E-state index contributed by atoms with van der Waals surface area (Å²) in [6.07, 6.45) is 5.01. The quantitative estimate of drug-likeness (QED) is 0.770. The molecular weight excluding hydrogens is 318 g/mol. The number of rotatable bonds is 4. The highest BCUT2D eigenvalue weighted by Crippen LogP contribution is 2.27. The van der Waals surface area contributed by atoms with E-state index in [0.29, 0.717) is 4.47 Å². The van der Waals surface area contributed by atoms with E-state index in [0.717, 1.165) is 38.2 Å². The molecule has 0 heterocycles. The van der Waals surface area contributed by atoms with E-state index in [4.69, 9.17) is 4.74 Å². The van der Waals surface area contributed by atoms with E-state index in [1.54, 1.807) is 0 Å². The van der Waals surface area contributed by atoms with Crippen molar-refractivity contribution in [2.24, 2.45) is 5.92 Å². The molecule has 0 aliphatic heterocycles. The average Bonchev–Trinajstić information content (AvgIpc) is 2.41. The van der Waals surface area contributed by atoms with Crippen LogP contribution >= 0.6 is 15.9 Å². The smallest absolute Gasteiger partial charge is 0.200 e. The molecule has 1 aromatic carbocycles. The highest BCUT2D eigenvalue weighted by Gasteiger charge is 2.22. The van der Waals surface area contributed by atoms with Crippen LogP contribution < -0.4 is 4.74 Å². The Balaban J connectivity index is 1.96. The van der Waals surface area contributed by atoms with Crippen molar-refractivity contribution in [2.75, 3.05) is 6.61 Å².